The lowest BCUT2D eigenvalue weighted by atomic mass is 10.1. The molecule has 0 bridgehead atoms. The van der Waals surface area contributed by atoms with Crippen LogP contribution in [0, 0.1) is 0 Å². The fourth-order valence-electron chi connectivity index (χ4n) is 1.52. The molecule has 4 N–H and O–H groups in total. The maximum atomic E-state index is 11.3. The zero-order chi connectivity index (χ0) is 13.1. The quantitative estimate of drug-likeness (QED) is 0.782. The summed E-state index contributed by atoms with van der Waals surface area (Å²) in [6, 6.07) is 1.19. The molecule has 0 aliphatic rings. The molecule has 1 rings (SSSR count). The number of hydrogen-bond acceptors (Lipinski definition) is 4. The van der Waals surface area contributed by atoms with Crippen LogP contribution in [0.2, 0.25) is 0 Å². The molecule has 1 aromatic rings. The van der Waals surface area contributed by atoms with E-state index >= 15 is 0 Å². The molecular weight excluding hydrogens is 242 g/mol. The van der Waals surface area contributed by atoms with E-state index in [-0.39, 0.29) is 10.5 Å². The second-order valence-corrected chi connectivity index (χ2v) is 5.17. The van der Waals surface area contributed by atoms with Crippen molar-refractivity contribution in [3.63, 3.8) is 0 Å². The smallest absolute Gasteiger partial charge is 0.251 e. The minimum Gasteiger partial charge on any atom is -0.366 e. The molecule has 94 valence electrons. The van der Waals surface area contributed by atoms with Gasteiger partial charge in [0.1, 0.15) is 0 Å². The molecule has 0 fully saturated rings. The molecule has 0 aliphatic carbocycles. The summed E-state index contributed by atoms with van der Waals surface area (Å²) in [6.07, 6.45) is 3.51. The number of carbonyl (C=O) groups is 1. The summed E-state index contributed by atoms with van der Waals surface area (Å²) < 4.78 is 22.7. The largest absolute Gasteiger partial charge is 0.366 e. The van der Waals surface area contributed by atoms with Gasteiger partial charge in [0.15, 0.2) is 0 Å². The van der Waals surface area contributed by atoms with Crippen molar-refractivity contribution in [1.82, 2.24) is 4.98 Å². The monoisotopic (exact) mass is 257 g/mol. The predicted molar refractivity (Wildman–Crippen MR) is 62.7 cm³/mol. The molecule has 6 nitrogen and oxygen atoms in total. The van der Waals surface area contributed by atoms with Crippen LogP contribution in [0.3, 0.4) is 0 Å². The van der Waals surface area contributed by atoms with Gasteiger partial charge in [-0.1, -0.05) is 13.3 Å². The Kier molecular flexibility index (Phi) is 4.19. The van der Waals surface area contributed by atoms with Gasteiger partial charge in [0.05, 0.1) is 16.2 Å². The number of amides is 1. The highest BCUT2D eigenvalue weighted by atomic mass is 32.2. The van der Waals surface area contributed by atoms with E-state index in [0.29, 0.717) is 12.1 Å². The molecule has 0 saturated heterocycles. The molecule has 0 aromatic carbocycles. The number of sulfonamides is 1. The average Bonchev–Trinajstić information content (AvgIpc) is 2.24. The van der Waals surface area contributed by atoms with E-state index in [1.807, 2.05) is 6.92 Å². The van der Waals surface area contributed by atoms with Gasteiger partial charge in [0.25, 0.3) is 5.91 Å². The summed E-state index contributed by atoms with van der Waals surface area (Å²) in [4.78, 5) is 15.0. The second kappa shape index (κ2) is 5.24. The van der Waals surface area contributed by atoms with Crippen LogP contribution in [0.5, 0.6) is 0 Å². The summed E-state index contributed by atoms with van der Waals surface area (Å²) in [5.74, 6) is -0.826. The molecule has 1 heterocycles. The molecule has 1 aromatic heterocycles. The molecule has 0 unspecified atom stereocenters. The molecule has 1 amide bonds. The number of nitrogens with two attached hydrogens (primary N) is 2. The van der Waals surface area contributed by atoms with Crippen LogP contribution in [0.4, 0.5) is 0 Å². The fraction of sp³-hybridized carbons (Fsp3) is 0.400. The van der Waals surface area contributed by atoms with Gasteiger partial charge in [-0.25, -0.2) is 13.6 Å². The normalized spacial score (nSPS) is 11.4. The van der Waals surface area contributed by atoms with Gasteiger partial charge in [0.2, 0.25) is 10.0 Å². The van der Waals surface area contributed by atoms with Crippen molar-refractivity contribution in [2.75, 3.05) is 0 Å². The van der Waals surface area contributed by atoms with E-state index in [9.17, 15) is 13.2 Å². The van der Waals surface area contributed by atoms with Crippen LogP contribution >= 0.6 is 0 Å². The number of nitrogens with zero attached hydrogens (tertiary/aromatic N) is 1. The van der Waals surface area contributed by atoms with Gasteiger partial charge in [-0.3, -0.25) is 9.78 Å². The first-order valence-corrected chi connectivity index (χ1v) is 6.73. The molecule has 0 atom stereocenters. The Morgan fingerprint density at radius 1 is 1.47 bits per heavy atom. The third-order valence-corrected chi connectivity index (χ3v) is 3.26. The minimum atomic E-state index is -3.97. The van der Waals surface area contributed by atoms with Crippen molar-refractivity contribution < 1.29 is 13.2 Å². The molecule has 0 spiro atoms. The number of pyridine rings is 1. The number of aryl methyl sites for hydroxylation is 1. The topological polar surface area (TPSA) is 116 Å². The maximum absolute atomic E-state index is 11.3. The van der Waals surface area contributed by atoms with Gasteiger partial charge < -0.3 is 5.73 Å². The SMILES string of the molecule is CCCCc1nccc(S(N)(=O)=O)c1C(N)=O. The maximum Gasteiger partial charge on any atom is 0.251 e. The third-order valence-electron chi connectivity index (χ3n) is 2.31. The van der Waals surface area contributed by atoms with Gasteiger partial charge >= 0.3 is 0 Å². The van der Waals surface area contributed by atoms with Crippen LogP contribution < -0.4 is 10.9 Å². The van der Waals surface area contributed by atoms with E-state index < -0.39 is 15.9 Å². The molecule has 0 radical (unpaired) electrons. The summed E-state index contributed by atoms with van der Waals surface area (Å²) in [6.45, 7) is 1.98. The standard InChI is InChI=1S/C10H15N3O3S/c1-2-3-4-7-9(10(11)14)8(5-6-13-7)17(12,15)16/h5-6H,2-4H2,1H3,(H2,11,14)(H2,12,15,16). The lowest BCUT2D eigenvalue weighted by Gasteiger charge is -2.09. The summed E-state index contributed by atoms with van der Waals surface area (Å²) >= 11 is 0. The predicted octanol–water partition coefficient (Wildman–Crippen LogP) is 0.171. The van der Waals surface area contributed by atoms with Crippen LogP contribution in [0.15, 0.2) is 17.2 Å². The Balaban J connectivity index is 3.38. The Hall–Kier alpha value is -1.47. The van der Waals surface area contributed by atoms with Gasteiger partial charge in [0, 0.05) is 6.20 Å². The fourth-order valence-corrected chi connectivity index (χ4v) is 2.27. The molecule has 0 aliphatic heterocycles. The number of aromatic nitrogens is 1. The average molecular weight is 257 g/mol. The van der Waals surface area contributed by atoms with E-state index in [2.05, 4.69) is 4.98 Å². The molecular formula is C10H15N3O3S. The highest BCUT2D eigenvalue weighted by Gasteiger charge is 2.21. The van der Waals surface area contributed by atoms with Crippen LogP contribution in [-0.2, 0) is 16.4 Å². The molecule has 17 heavy (non-hydrogen) atoms. The third kappa shape index (κ3) is 3.24. The Labute approximate surface area is 100 Å². The zero-order valence-electron chi connectivity index (χ0n) is 9.51. The van der Waals surface area contributed by atoms with Gasteiger partial charge in [-0.2, -0.15) is 0 Å². The van der Waals surface area contributed by atoms with Crippen molar-refractivity contribution in [3.05, 3.63) is 23.5 Å². The Morgan fingerprint density at radius 2 is 2.12 bits per heavy atom. The number of rotatable bonds is 5. The van der Waals surface area contributed by atoms with Crippen LogP contribution in [0.1, 0.15) is 35.8 Å². The molecule has 7 heteroatoms. The Bertz CT molecular complexity index is 526. The first kappa shape index (κ1) is 13.6. The number of carbonyl (C=O) groups excluding carboxylic acids is 1. The van der Waals surface area contributed by atoms with Crippen LogP contribution in [0.25, 0.3) is 0 Å². The highest BCUT2D eigenvalue weighted by molar-refractivity contribution is 7.89. The first-order chi connectivity index (χ1) is 7.88. The minimum absolute atomic E-state index is 0.0940. The van der Waals surface area contributed by atoms with Crippen molar-refractivity contribution in [3.8, 4) is 0 Å². The summed E-state index contributed by atoms with van der Waals surface area (Å²) in [5.41, 5.74) is 5.47. The number of unbranched alkanes of at least 4 members (excludes halogenated alkanes) is 1. The van der Waals surface area contributed by atoms with Crippen LogP contribution in [-0.4, -0.2) is 19.3 Å². The van der Waals surface area contributed by atoms with E-state index in [1.165, 1.54) is 12.3 Å². The lowest BCUT2D eigenvalue weighted by molar-refractivity contribution is 0.0995. The van der Waals surface area contributed by atoms with E-state index in [4.69, 9.17) is 10.9 Å². The van der Waals surface area contributed by atoms with Crippen molar-refractivity contribution in [2.24, 2.45) is 10.9 Å². The number of primary sulfonamides is 1. The number of hydrogen-bond donors (Lipinski definition) is 2. The molecule has 0 saturated carbocycles. The summed E-state index contributed by atoms with van der Waals surface area (Å²) in [5, 5.41) is 5.03. The van der Waals surface area contributed by atoms with E-state index in [1.54, 1.807) is 0 Å². The first-order valence-electron chi connectivity index (χ1n) is 5.18. The zero-order valence-corrected chi connectivity index (χ0v) is 10.3. The number of primary amides is 1. The lowest BCUT2D eigenvalue weighted by Crippen LogP contribution is -2.23. The second-order valence-electron chi connectivity index (χ2n) is 3.64. The van der Waals surface area contributed by atoms with Gasteiger partial charge in [-0.15, -0.1) is 0 Å². The van der Waals surface area contributed by atoms with Crippen molar-refractivity contribution in [2.45, 2.75) is 31.1 Å². The highest BCUT2D eigenvalue weighted by Crippen LogP contribution is 2.17. The van der Waals surface area contributed by atoms with Crippen molar-refractivity contribution >= 4 is 15.9 Å². The van der Waals surface area contributed by atoms with Crippen molar-refractivity contribution in [1.29, 1.82) is 0 Å². The van der Waals surface area contributed by atoms with E-state index in [0.717, 1.165) is 12.8 Å². The Morgan fingerprint density at radius 3 is 2.59 bits per heavy atom. The summed E-state index contributed by atoms with van der Waals surface area (Å²) in [7, 11) is -3.97. The van der Waals surface area contributed by atoms with Gasteiger partial charge in [-0.05, 0) is 18.9 Å².